The van der Waals surface area contributed by atoms with Gasteiger partial charge in [-0.15, -0.1) is 11.8 Å². The fourth-order valence-electron chi connectivity index (χ4n) is 1.16. The van der Waals surface area contributed by atoms with E-state index in [9.17, 15) is 4.79 Å². The fourth-order valence-corrected chi connectivity index (χ4v) is 1.97. The molecule has 0 saturated heterocycles. The van der Waals surface area contributed by atoms with Gasteiger partial charge in [0.1, 0.15) is 0 Å². The number of aliphatic hydroxyl groups is 1. The Morgan fingerprint density at radius 2 is 2.27 bits per heavy atom. The third-order valence-corrected chi connectivity index (χ3v) is 3.10. The van der Waals surface area contributed by atoms with Crippen LogP contribution in [0.3, 0.4) is 0 Å². The second-order valence-corrected chi connectivity index (χ2v) is 4.18. The number of aryl methyl sites for hydroxylation is 1. The van der Waals surface area contributed by atoms with Crippen molar-refractivity contribution >= 4 is 17.7 Å². The summed E-state index contributed by atoms with van der Waals surface area (Å²) in [5.41, 5.74) is 1.64. The summed E-state index contributed by atoms with van der Waals surface area (Å²) in [6.07, 6.45) is 0. The second kappa shape index (κ2) is 5.78. The first kappa shape index (κ1) is 12.1. The summed E-state index contributed by atoms with van der Waals surface area (Å²) in [7, 11) is 1.36. The van der Waals surface area contributed by atoms with Crippen LogP contribution in [-0.4, -0.2) is 30.5 Å². The first-order valence-corrected chi connectivity index (χ1v) is 5.60. The Morgan fingerprint density at radius 3 is 2.87 bits per heavy atom. The van der Waals surface area contributed by atoms with E-state index in [4.69, 9.17) is 5.11 Å². The van der Waals surface area contributed by atoms with Gasteiger partial charge >= 0.3 is 5.97 Å². The average Bonchev–Trinajstić information content (AvgIpc) is 2.27. The average molecular weight is 226 g/mol. The lowest BCUT2D eigenvalue weighted by Gasteiger charge is -2.06. The van der Waals surface area contributed by atoms with Crippen molar-refractivity contribution in [3.63, 3.8) is 0 Å². The molecule has 0 aromatic heterocycles. The summed E-state index contributed by atoms with van der Waals surface area (Å²) in [5.74, 6) is 0.298. The third-order valence-electron chi connectivity index (χ3n) is 1.96. The van der Waals surface area contributed by atoms with Crippen LogP contribution in [-0.2, 0) is 4.74 Å². The molecule has 0 aliphatic heterocycles. The highest BCUT2D eigenvalue weighted by Gasteiger charge is 2.07. The molecule has 0 unspecified atom stereocenters. The van der Waals surface area contributed by atoms with Crippen molar-refractivity contribution in [2.75, 3.05) is 19.5 Å². The van der Waals surface area contributed by atoms with Crippen molar-refractivity contribution in [3.8, 4) is 0 Å². The number of carbonyl (C=O) groups is 1. The van der Waals surface area contributed by atoms with Gasteiger partial charge < -0.3 is 9.84 Å². The Morgan fingerprint density at radius 1 is 1.53 bits per heavy atom. The monoisotopic (exact) mass is 226 g/mol. The van der Waals surface area contributed by atoms with E-state index in [0.29, 0.717) is 11.3 Å². The summed E-state index contributed by atoms with van der Waals surface area (Å²) >= 11 is 1.53. The molecule has 0 amide bonds. The van der Waals surface area contributed by atoms with Crippen LogP contribution in [0.25, 0.3) is 0 Å². The largest absolute Gasteiger partial charge is 0.465 e. The van der Waals surface area contributed by atoms with E-state index in [2.05, 4.69) is 4.74 Å². The molecule has 1 aromatic rings. The Bertz CT molecular complexity index is 350. The highest BCUT2D eigenvalue weighted by molar-refractivity contribution is 7.99. The molecular weight excluding hydrogens is 212 g/mol. The van der Waals surface area contributed by atoms with Gasteiger partial charge in [-0.2, -0.15) is 0 Å². The standard InChI is InChI=1S/C11H14O3S/c1-8-3-4-9(11(13)14-2)7-10(8)15-6-5-12/h3-4,7,12H,5-6H2,1-2H3. The highest BCUT2D eigenvalue weighted by atomic mass is 32.2. The molecule has 0 spiro atoms. The number of rotatable bonds is 4. The maximum atomic E-state index is 11.3. The summed E-state index contributed by atoms with van der Waals surface area (Å²) < 4.78 is 4.64. The van der Waals surface area contributed by atoms with Crippen molar-refractivity contribution in [1.82, 2.24) is 0 Å². The predicted octanol–water partition coefficient (Wildman–Crippen LogP) is 1.87. The van der Waals surface area contributed by atoms with Crippen LogP contribution < -0.4 is 0 Å². The highest BCUT2D eigenvalue weighted by Crippen LogP contribution is 2.23. The maximum absolute atomic E-state index is 11.3. The first-order valence-electron chi connectivity index (χ1n) is 4.61. The van der Waals surface area contributed by atoms with Crippen molar-refractivity contribution < 1.29 is 14.6 Å². The van der Waals surface area contributed by atoms with Crippen LogP contribution in [0.2, 0.25) is 0 Å². The molecule has 0 bridgehead atoms. The number of methoxy groups -OCH3 is 1. The summed E-state index contributed by atoms with van der Waals surface area (Å²) in [5, 5.41) is 8.73. The van der Waals surface area contributed by atoms with E-state index in [1.54, 1.807) is 12.1 Å². The zero-order valence-corrected chi connectivity index (χ0v) is 9.63. The Hall–Kier alpha value is -1.00. The van der Waals surface area contributed by atoms with Crippen molar-refractivity contribution in [2.24, 2.45) is 0 Å². The zero-order valence-electron chi connectivity index (χ0n) is 8.82. The molecular formula is C11H14O3S. The van der Waals surface area contributed by atoms with E-state index in [1.165, 1.54) is 18.9 Å². The minimum absolute atomic E-state index is 0.132. The number of benzene rings is 1. The quantitative estimate of drug-likeness (QED) is 0.629. The molecule has 0 saturated carbocycles. The normalized spacial score (nSPS) is 10.1. The summed E-state index contributed by atoms with van der Waals surface area (Å²) in [4.78, 5) is 12.3. The molecule has 0 aliphatic rings. The molecule has 0 aliphatic carbocycles. The van der Waals surface area contributed by atoms with E-state index < -0.39 is 0 Å². The smallest absolute Gasteiger partial charge is 0.337 e. The third kappa shape index (κ3) is 3.25. The van der Waals surface area contributed by atoms with E-state index >= 15 is 0 Å². The topological polar surface area (TPSA) is 46.5 Å². The summed E-state index contributed by atoms with van der Waals surface area (Å²) in [6, 6.07) is 5.41. The van der Waals surface area contributed by atoms with Crippen LogP contribution in [0.4, 0.5) is 0 Å². The predicted molar refractivity (Wildman–Crippen MR) is 60.3 cm³/mol. The fraction of sp³-hybridized carbons (Fsp3) is 0.364. The Kier molecular flexibility index (Phi) is 4.65. The lowest BCUT2D eigenvalue weighted by Crippen LogP contribution is -2.01. The minimum atomic E-state index is -0.333. The van der Waals surface area contributed by atoms with Crippen LogP contribution in [0.5, 0.6) is 0 Å². The molecule has 0 fully saturated rings. The molecule has 4 heteroatoms. The van der Waals surface area contributed by atoms with Gasteiger partial charge in [-0.1, -0.05) is 6.07 Å². The molecule has 82 valence electrons. The van der Waals surface area contributed by atoms with E-state index in [0.717, 1.165) is 10.5 Å². The molecule has 3 nitrogen and oxygen atoms in total. The molecule has 15 heavy (non-hydrogen) atoms. The molecule has 1 aromatic carbocycles. The van der Waals surface area contributed by atoms with Crippen LogP contribution in [0.15, 0.2) is 23.1 Å². The van der Waals surface area contributed by atoms with Gasteiger partial charge in [-0.05, 0) is 24.6 Å². The van der Waals surface area contributed by atoms with Crippen molar-refractivity contribution in [1.29, 1.82) is 0 Å². The van der Waals surface area contributed by atoms with Crippen molar-refractivity contribution in [2.45, 2.75) is 11.8 Å². The second-order valence-electron chi connectivity index (χ2n) is 3.04. The summed E-state index contributed by atoms with van der Waals surface area (Å²) in [6.45, 7) is 2.10. The molecule has 0 heterocycles. The van der Waals surface area contributed by atoms with Gasteiger partial charge in [0.15, 0.2) is 0 Å². The number of hydrogen-bond acceptors (Lipinski definition) is 4. The zero-order chi connectivity index (χ0) is 11.3. The number of ether oxygens (including phenoxy) is 1. The van der Waals surface area contributed by atoms with Crippen LogP contribution in [0.1, 0.15) is 15.9 Å². The lowest BCUT2D eigenvalue weighted by molar-refractivity contribution is 0.0600. The maximum Gasteiger partial charge on any atom is 0.337 e. The number of carbonyl (C=O) groups excluding carboxylic acids is 1. The molecule has 0 radical (unpaired) electrons. The number of hydrogen-bond donors (Lipinski definition) is 1. The Balaban J connectivity index is 2.89. The van der Waals surface area contributed by atoms with Gasteiger partial charge in [-0.25, -0.2) is 4.79 Å². The van der Waals surface area contributed by atoms with Crippen LogP contribution in [0, 0.1) is 6.92 Å². The van der Waals surface area contributed by atoms with Gasteiger partial charge in [-0.3, -0.25) is 0 Å². The molecule has 1 N–H and O–H groups in total. The number of aliphatic hydroxyl groups excluding tert-OH is 1. The SMILES string of the molecule is COC(=O)c1ccc(C)c(SCCO)c1. The van der Waals surface area contributed by atoms with E-state index in [1.807, 2.05) is 13.0 Å². The lowest BCUT2D eigenvalue weighted by atomic mass is 10.1. The van der Waals surface area contributed by atoms with Gasteiger partial charge in [0.25, 0.3) is 0 Å². The van der Waals surface area contributed by atoms with Gasteiger partial charge in [0.05, 0.1) is 19.3 Å². The first-order chi connectivity index (χ1) is 7.19. The molecule has 0 atom stereocenters. The van der Waals surface area contributed by atoms with Gasteiger partial charge in [0.2, 0.25) is 0 Å². The number of esters is 1. The molecule has 1 rings (SSSR count). The van der Waals surface area contributed by atoms with E-state index in [-0.39, 0.29) is 12.6 Å². The number of thioether (sulfide) groups is 1. The van der Waals surface area contributed by atoms with Crippen molar-refractivity contribution in [3.05, 3.63) is 29.3 Å². The Labute approximate surface area is 93.4 Å². The minimum Gasteiger partial charge on any atom is -0.465 e. The van der Waals surface area contributed by atoms with Gasteiger partial charge in [0, 0.05) is 10.6 Å². The van der Waals surface area contributed by atoms with Crippen LogP contribution >= 0.6 is 11.8 Å².